The van der Waals surface area contributed by atoms with E-state index in [9.17, 15) is 0 Å². The first kappa shape index (κ1) is 9.54. The van der Waals surface area contributed by atoms with Crippen molar-refractivity contribution in [3.63, 3.8) is 0 Å². The molecule has 2 N–H and O–H groups in total. The minimum absolute atomic E-state index is 0.727. The number of nitrogens with one attached hydrogen (secondary N) is 2. The van der Waals surface area contributed by atoms with Crippen LogP contribution in [0.15, 0.2) is 30.6 Å². The number of aromatic nitrogens is 3. The van der Waals surface area contributed by atoms with Crippen molar-refractivity contribution in [2.24, 2.45) is 0 Å². The van der Waals surface area contributed by atoms with E-state index in [1.165, 1.54) is 12.8 Å². The van der Waals surface area contributed by atoms with Gasteiger partial charge in [0.05, 0.1) is 5.69 Å². The normalized spacial score (nSPS) is 15.2. The van der Waals surface area contributed by atoms with E-state index in [1.54, 1.807) is 6.20 Å². The Labute approximate surface area is 94.1 Å². The van der Waals surface area contributed by atoms with Crippen LogP contribution in [0.3, 0.4) is 0 Å². The van der Waals surface area contributed by atoms with E-state index < -0.39 is 0 Å². The Morgan fingerprint density at radius 3 is 3.12 bits per heavy atom. The third kappa shape index (κ3) is 2.12. The minimum atomic E-state index is 0.727. The molecule has 2 aromatic heterocycles. The maximum absolute atomic E-state index is 4.28. The maximum Gasteiger partial charge on any atom is 0.0939 e. The lowest BCUT2D eigenvalue weighted by Gasteiger charge is -1.97. The summed E-state index contributed by atoms with van der Waals surface area (Å²) >= 11 is 0. The monoisotopic (exact) mass is 214 g/mol. The Bertz CT molecular complexity index is 459. The Kier molecular flexibility index (Phi) is 2.42. The second kappa shape index (κ2) is 4.06. The van der Waals surface area contributed by atoms with Crippen LogP contribution in [0.5, 0.6) is 0 Å². The average Bonchev–Trinajstić information content (AvgIpc) is 3.05. The lowest BCUT2D eigenvalue weighted by Crippen LogP contribution is -2.15. The first-order chi connectivity index (χ1) is 7.92. The lowest BCUT2D eigenvalue weighted by atomic mass is 10.2. The standard InChI is InChI=1S/C12H14N4/c1-2-9(7-13-5-1)12-6-11(15-16-12)8-14-10-3-4-10/h1-2,5-7,10,14H,3-4,8H2,(H,15,16). The molecule has 82 valence electrons. The lowest BCUT2D eigenvalue weighted by molar-refractivity contribution is 0.672. The number of pyridine rings is 1. The van der Waals surface area contributed by atoms with Crippen LogP contribution in [0.2, 0.25) is 0 Å². The molecular weight excluding hydrogens is 200 g/mol. The molecule has 4 nitrogen and oxygen atoms in total. The summed E-state index contributed by atoms with van der Waals surface area (Å²) in [5, 5.41) is 10.8. The van der Waals surface area contributed by atoms with E-state index in [0.717, 1.165) is 29.5 Å². The van der Waals surface area contributed by atoms with Gasteiger partial charge in [0.2, 0.25) is 0 Å². The van der Waals surface area contributed by atoms with Gasteiger partial charge >= 0.3 is 0 Å². The predicted octanol–water partition coefficient (Wildman–Crippen LogP) is 1.72. The van der Waals surface area contributed by atoms with Crippen LogP contribution >= 0.6 is 0 Å². The van der Waals surface area contributed by atoms with Crippen molar-refractivity contribution < 1.29 is 0 Å². The van der Waals surface area contributed by atoms with Crippen LogP contribution in [0, 0.1) is 0 Å². The Morgan fingerprint density at radius 2 is 2.38 bits per heavy atom. The van der Waals surface area contributed by atoms with Crippen LogP contribution in [0.4, 0.5) is 0 Å². The van der Waals surface area contributed by atoms with E-state index in [2.05, 4.69) is 26.6 Å². The van der Waals surface area contributed by atoms with Crippen molar-refractivity contribution in [3.05, 3.63) is 36.3 Å². The summed E-state index contributed by atoms with van der Waals surface area (Å²) < 4.78 is 0. The van der Waals surface area contributed by atoms with Crippen molar-refractivity contribution in [1.29, 1.82) is 0 Å². The van der Waals surface area contributed by atoms with E-state index in [4.69, 9.17) is 0 Å². The number of nitrogens with zero attached hydrogens (tertiary/aromatic N) is 2. The fourth-order valence-corrected chi connectivity index (χ4v) is 1.66. The molecule has 0 bridgehead atoms. The van der Waals surface area contributed by atoms with Gasteiger partial charge in [-0.1, -0.05) is 0 Å². The Morgan fingerprint density at radius 1 is 1.44 bits per heavy atom. The van der Waals surface area contributed by atoms with Crippen LogP contribution < -0.4 is 5.32 Å². The SMILES string of the molecule is c1cncc(-c2cc(CNC3CC3)[nH]n2)c1. The number of aromatic amines is 1. The molecule has 2 aromatic rings. The summed E-state index contributed by atoms with van der Waals surface area (Å²) in [6, 6.07) is 6.74. The van der Waals surface area contributed by atoms with E-state index in [1.807, 2.05) is 18.3 Å². The highest BCUT2D eigenvalue weighted by Crippen LogP contribution is 2.20. The first-order valence-corrected chi connectivity index (χ1v) is 5.60. The third-order valence-electron chi connectivity index (χ3n) is 2.75. The van der Waals surface area contributed by atoms with Gasteiger partial charge in [0.15, 0.2) is 0 Å². The molecule has 0 saturated heterocycles. The van der Waals surface area contributed by atoms with Gasteiger partial charge in [-0.15, -0.1) is 0 Å². The third-order valence-corrected chi connectivity index (χ3v) is 2.75. The topological polar surface area (TPSA) is 53.6 Å². The summed E-state index contributed by atoms with van der Waals surface area (Å²) in [5.74, 6) is 0. The Hall–Kier alpha value is -1.68. The maximum atomic E-state index is 4.28. The van der Waals surface area contributed by atoms with Crippen molar-refractivity contribution in [1.82, 2.24) is 20.5 Å². The van der Waals surface area contributed by atoms with Gasteiger partial charge in [-0.25, -0.2) is 0 Å². The molecule has 3 rings (SSSR count). The minimum Gasteiger partial charge on any atom is -0.308 e. The fourth-order valence-electron chi connectivity index (χ4n) is 1.66. The van der Waals surface area contributed by atoms with Crippen LogP contribution in [-0.2, 0) is 6.54 Å². The average molecular weight is 214 g/mol. The summed E-state index contributed by atoms with van der Waals surface area (Å²) in [4.78, 5) is 4.09. The molecule has 16 heavy (non-hydrogen) atoms. The molecule has 1 saturated carbocycles. The second-order valence-corrected chi connectivity index (χ2v) is 4.18. The summed E-state index contributed by atoms with van der Waals surface area (Å²) in [6.45, 7) is 0.873. The molecule has 1 aliphatic rings. The molecule has 0 aromatic carbocycles. The molecule has 2 heterocycles. The van der Waals surface area contributed by atoms with Gasteiger partial charge in [-0.3, -0.25) is 10.1 Å². The van der Waals surface area contributed by atoms with Gasteiger partial charge in [0.1, 0.15) is 0 Å². The van der Waals surface area contributed by atoms with Gasteiger partial charge < -0.3 is 5.32 Å². The largest absolute Gasteiger partial charge is 0.308 e. The predicted molar refractivity (Wildman–Crippen MR) is 61.7 cm³/mol. The quantitative estimate of drug-likeness (QED) is 0.814. The molecule has 0 atom stereocenters. The molecular formula is C12H14N4. The number of hydrogen-bond acceptors (Lipinski definition) is 3. The molecule has 0 spiro atoms. The molecule has 0 aliphatic heterocycles. The van der Waals surface area contributed by atoms with E-state index in [-0.39, 0.29) is 0 Å². The first-order valence-electron chi connectivity index (χ1n) is 5.60. The number of rotatable bonds is 4. The summed E-state index contributed by atoms with van der Waals surface area (Å²) in [6.07, 6.45) is 6.22. The fraction of sp³-hybridized carbons (Fsp3) is 0.333. The van der Waals surface area contributed by atoms with Gasteiger partial charge in [-0.05, 0) is 31.0 Å². The van der Waals surface area contributed by atoms with Crippen LogP contribution in [0.25, 0.3) is 11.3 Å². The summed E-state index contributed by atoms with van der Waals surface area (Å²) in [7, 11) is 0. The molecule has 1 fully saturated rings. The highest BCUT2D eigenvalue weighted by molar-refractivity contribution is 5.57. The van der Waals surface area contributed by atoms with Crippen molar-refractivity contribution in [3.8, 4) is 11.3 Å². The molecule has 1 aliphatic carbocycles. The van der Waals surface area contributed by atoms with Crippen LogP contribution in [-0.4, -0.2) is 21.2 Å². The summed E-state index contributed by atoms with van der Waals surface area (Å²) in [5.41, 5.74) is 3.14. The molecule has 0 radical (unpaired) electrons. The zero-order valence-corrected chi connectivity index (χ0v) is 8.98. The zero-order chi connectivity index (χ0) is 10.8. The van der Waals surface area contributed by atoms with Gasteiger partial charge in [-0.2, -0.15) is 5.10 Å². The Balaban J connectivity index is 1.71. The smallest absolute Gasteiger partial charge is 0.0939 e. The molecule has 0 unspecified atom stereocenters. The van der Waals surface area contributed by atoms with Crippen molar-refractivity contribution in [2.75, 3.05) is 0 Å². The number of hydrogen-bond donors (Lipinski definition) is 2. The van der Waals surface area contributed by atoms with E-state index in [0.29, 0.717) is 0 Å². The van der Waals surface area contributed by atoms with Crippen molar-refractivity contribution >= 4 is 0 Å². The highest BCUT2D eigenvalue weighted by Gasteiger charge is 2.20. The van der Waals surface area contributed by atoms with Gasteiger partial charge in [0.25, 0.3) is 0 Å². The molecule has 0 amide bonds. The van der Waals surface area contributed by atoms with Crippen LogP contribution in [0.1, 0.15) is 18.5 Å². The van der Waals surface area contributed by atoms with E-state index >= 15 is 0 Å². The van der Waals surface area contributed by atoms with Gasteiger partial charge in [0, 0.05) is 36.2 Å². The zero-order valence-electron chi connectivity index (χ0n) is 8.98. The van der Waals surface area contributed by atoms with Crippen molar-refractivity contribution in [2.45, 2.75) is 25.4 Å². The number of H-pyrrole nitrogens is 1. The second-order valence-electron chi connectivity index (χ2n) is 4.18. The highest BCUT2D eigenvalue weighted by atomic mass is 15.1. The molecule has 4 heteroatoms.